The van der Waals surface area contributed by atoms with E-state index in [0.717, 1.165) is 5.56 Å². The Morgan fingerprint density at radius 2 is 2.05 bits per heavy atom. The number of nitrogens with zero attached hydrogens (tertiary/aromatic N) is 1. The lowest BCUT2D eigenvalue weighted by molar-refractivity contribution is -0.118. The molecule has 3 rings (SSSR count). The van der Waals surface area contributed by atoms with Gasteiger partial charge in [-0.15, -0.1) is 0 Å². The second-order valence-electron chi connectivity index (χ2n) is 5.63. The number of aliphatic hydroxyl groups is 1. The molecule has 0 atom stereocenters. The SMILES string of the molecule is CN1C(=O)CCOc2ccc(C#CC3(O)CCOCC3)cc21. The highest BCUT2D eigenvalue weighted by molar-refractivity contribution is 5.95. The molecule has 2 aliphatic heterocycles. The highest BCUT2D eigenvalue weighted by atomic mass is 16.5. The lowest BCUT2D eigenvalue weighted by atomic mass is 9.95. The number of hydrogen-bond donors (Lipinski definition) is 1. The largest absolute Gasteiger partial charge is 0.491 e. The third-order valence-corrected chi connectivity index (χ3v) is 4.03. The van der Waals surface area contributed by atoms with E-state index in [4.69, 9.17) is 9.47 Å². The lowest BCUT2D eigenvalue weighted by Gasteiger charge is -2.26. The Hall–Kier alpha value is -2.03. The quantitative estimate of drug-likeness (QED) is 0.734. The van der Waals surface area contributed by atoms with Gasteiger partial charge in [-0.05, 0) is 18.2 Å². The van der Waals surface area contributed by atoms with Gasteiger partial charge >= 0.3 is 0 Å². The van der Waals surface area contributed by atoms with Gasteiger partial charge in [-0.1, -0.05) is 11.8 Å². The van der Waals surface area contributed by atoms with Gasteiger partial charge in [-0.25, -0.2) is 0 Å². The molecule has 0 saturated carbocycles. The standard InChI is InChI=1S/C17H19NO4/c1-18-14-12-13(2-3-15(14)22-9-5-16(18)19)4-6-17(20)7-10-21-11-8-17/h2-3,12,20H,5,7-11H2,1H3. The van der Waals surface area contributed by atoms with Crippen LogP contribution in [0.25, 0.3) is 0 Å². The normalized spacial score (nSPS) is 20.3. The van der Waals surface area contributed by atoms with Gasteiger partial charge in [0.2, 0.25) is 5.91 Å². The van der Waals surface area contributed by atoms with Crippen LogP contribution in [0.5, 0.6) is 5.75 Å². The number of hydrogen-bond acceptors (Lipinski definition) is 4. The molecule has 0 radical (unpaired) electrons. The summed E-state index contributed by atoms with van der Waals surface area (Å²) in [4.78, 5) is 13.5. The van der Waals surface area contributed by atoms with Crippen LogP contribution >= 0.6 is 0 Å². The Morgan fingerprint density at radius 1 is 1.27 bits per heavy atom. The van der Waals surface area contributed by atoms with Crippen LogP contribution in [0.1, 0.15) is 24.8 Å². The predicted molar refractivity (Wildman–Crippen MR) is 81.8 cm³/mol. The number of amides is 1. The van der Waals surface area contributed by atoms with E-state index in [1.807, 2.05) is 18.2 Å². The van der Waals surface area contributed by atoms with Gasteiger partial charge in [0.15, 0.2) is 0 Å². The number of carbonyl (C=O) groups is 1. The first kappa shape index (κ1) is 14.9. The first-order valence-corrected chi connectivity index (χ1v) is 7.44. The maximum Gasteiger partial charge on any atom is 0.230 e. The molecule has 116 valence electrons. The average molecular weight is 301 g/mol. The minimum absolute atomic E-state index is 0.0203. The van der Waals surface area contributed by atoms with Crippen molar-refractivity contribution in [3.63, 3.8) is 0 Å². The van der Waals surface area contributed by atoms with Crippen LogP contribution in [0.4, 0.5) is 5.69 Å². The van der Waals surface area contributed by atoms with Crippen molar-refractivity contribution < 1.29 is 19.4 Å². The van der Waals surface area contributed by atoms with Gasteiger partial charge in [-0.2, -0.15) is 0 Å². The summed E-state index contributed by atoms with van der Waals surface area (Å²) in [7, 11) is 1.74. The van der Waals surface area contributed by atoms with Crippen molar-refractivity contribution in [1.29, 1.82) is 0 Å². The first-order chi connectivity index (χ1) is 10.6. The van der Waals surface area contributed by atoms with Crippen LogP contribution in [0, 0.1) is 11.8 Å². The molecule has 1 aromatic carbocycles. The number of carbonyl (C=O) groups excluding carboxylic acids is 1. The summed E-state index contributed by atoms with van der Waals surface area (Å²) in [5.41, 5.74) is 0.487. The summed E-state index contributed by atoms with van der Waals surface area (Å²) < 4.78 is 10.8. The predicted octanol–water partition coefficient (Wildman–Crippen LogP) is 1.32. The Bertz CT molecular complexity index is 638. The molecule has 0 aromatic heterocycles. The molecule has 0 spiro atoms. The molecule has 1 aromatic rings. The van der Waals surface area contributed by atoms with Crippen LogP contribution < -0.4 is 9.64 Å². The molecule has 5 nitrogen and oxygen atoms in total. The van der Waals surface area contributed by atoms with Gasteiger partial charge in [0.1, 0.15) is 11.4 Å². The first-order valence-electron chi connectivity index (χ1n) is 7.44. The molecule has 1 fully saturated rings. The Balaban J connectivity index is 1.87. The van der Waals surface area contributed by atoms with E-state index in [1.54, 1.807) is 11.9 Å². The molecule has 2 heterocycles. The van der Waals surface area contributed by atoms with Crippen LogP contribution in [0.3, 0.4) is 0 Å². The van der Waals surface area contributed by atoms with Crippen molar-refractivity contribution in [2.24, 2.45) is 0 Å². The number of fused-ring (bicyclic) bond motifs is 1. The van der Waals surface area contributed by atoms with E-state index >= 15 is 0 Å². The molecule has 5 heteroatoms. The molecule has 2 aliphatic rings. The maximum absolute atomic E-state index is 11.9. The Labute approximate surface area is 129 Å². The van der Waals surface area contributed by atoms with Gasteiger partial charge in [0.05, 0.1) is 31.9 Å². The summed E-state index contributed by atoms with van der Waals surface area (Å²) in [6.07, 6.45) is 1.41. The van der Waals surface area contributed by atoms with Gasteiger partial charge in [0.25, 0.3) is 0 Å². The fourth-order valence-electron chi connectivity index (χ4n) is 2.55. The molecular weight excluding hydrogens is 282 g/mol. The monoisotopic (exact) mass is 301 g/mol. The summed E-state index contributed by atoms with van der Waals surface area (Å²) in [5.74, 6) is 6.66. The van der Waals surface area contributed by atoms with E-state index in [2.05, 4.69) is 11.8 Å². The van der Waals surface area contributed by atoms with Gasteiger partial charge in [-0.3, -0.25) is 4.79 Å². The minimum atomic E-state index is -0.983. The van der Waals surface area contributed by atoms with E-state index < -0.39 is 5.60 Å². The van der Waals surface area contributed by atoms with Crippen molar-refractivity contribution >= 4 is 11.6 Å². The van der Waals surface area contributed by atoms with Crippen LogP contribution in [0.2, 0.25) is 0 Å². The summed E-state index contributed by atoms with van der Waals surface area (Å²) in [5, 5.41) is 10.4. The van der Waals surface area contributed by atoms with E-state index in [1.165, 1.54) is 0 Å². The fraction of sp³-hybridized carbons (Fsp3) is 0.471. The highest BCUT2D eigenvalue weighted by Crippen LogP contribution is 2.31. The molecular formula is C17H19NO4. The van der Waals surface area contributed by atoms with Crippen molar-refractivity contribution in [1.82, 2.24) is 0 Å². The molecule has 0 unspecified atom stereocenters. The van der Waals surface area contributed by atoms with Crippen LogP contribution in [-0.4, -0.2) is 43.5 Å². The molecule has 1 amide bonds. The lowest BCUT2D eigenvalue weighted by Crippen LogP contribution is -2.34. The van der Waals surface area contributed by atoms with E-state index in [9.17, 15) is 9.90 Å². The zero-order valence-corrected chi connectivity index (χ0v) is 12.6. The maximum atomic E-state index is 11.9. The Kier molecular flexibility index (Phi) is 4.06. The third-order valence-electron chi connectivity index (χ3n) is 4.03. The summed E-state index contributed by atoms with van der Waals surface area (Å²) >= 11 is 0. The van der Waals surface area contributed by atoms with Crippen molar-refractivity contribution in [3.8, 4) is 17.6 Å². The molecule has 0 aliphatic carbocycles. The number of ether oxygens (including phenoxy) is 2. The van der Waals surface area contributed by atoms with Gasteiger partial charge < -0.3 is 19.5 Å². The second kappa shape index (κ2) is 5.99. The van der Waals surface area contributed by atoms with Crippen LogP contribution in [0.15, 0.2) is 18.2 Å². The number of benzene rings is 1. The smallest absolute Gasteiger partial charge is 0.230 e. The number of rotatable bonds is 0. The average Bonchev–Trinajstić information content (AvgIpc) is 2.66. The molecule has 22 heavy (non-hydrogen) atoms. The van der Waals surface area contributed by atoms with Crippen LogP contribution in [-0.2, 0) is 9.53 Å². The summed E-state index contributed by atoms with van der Waals surface area (Å²) in [6.45, 7) is 1.45. The third kappa shape index (κ3) is 3.08. The van der Waals surface area contributed by atoms with E-state index in [0.29, 0.717) is 50.5 Å². The topological polar surface area (TPSA) is 59.0 Å². The molecule has 0 bridgehead atoms. The minimum Gasteiger partial charge on any atom is -0.491 e. The zero-order valence-electron chi connectivity index (χ0n) is 12.6. The van der Waals surface area contributed by atoms with Crippen molar-refractivity contribution in [2.75, 3.05) is 31.8 Å². The second-order valence-corrected chi connectivity index (χ2v) is 5.63. The Morgan fingerprint density at radius 3 is 2.82 bits per heavy atom. The summed E-state index contributed by atoms with van der Waals surface area (Å²) in [6, 6.07) is 5.49. The highest BCUT2D eigenvalue weighted by Gasteiger charge is 2.27. The molecule has 1 saturated heterocycles. The van der Waals surface area contributed by atoms with E-state index in [-0.39, 0.29) is 5.91 Å². The molecule has 1 N–H and O–H groups in total. The van der Waals surface area contributed by atoms with Gasteiger partial charge in [0, 0.05) is 25.5 Å². The number of anilines is 1. The van der Waals surface area contributed by atoms with Crippen molar-refractivity contribution in [2.45, 2.75) is 24.9 Å². The zero-order chi connectivity index (χ0) is 15.6. The van der Waals surface area contributed by atoms with Crippen molar-refractivity contribution in [3.05, 3.63) is 23.8 Å². The fourth-order valence-corrected chi connectivity index (χ4v) is 2.55.